The quantitative estimate of drug-likeness (QED) is 0.650. The molecule has 0 aliphatic carbocycles. The number of hydrogen-bond acceptors (Lipinski definition) is 5. The van der Waals surface area contributed by atoms with Crippen LogP contribution >= 0.6 is 0 Å². The van der Waals surface area contributed by atoms with Crippen molar-refractivity contribution in [1.82, 2.24) is 9.97 Å². The zero-order valence-corrected chi connectivity index (χ0v) is 11.7. The van der Waals surface area contributed by atoms with E-state index in [0.29, 0.717) is 5.69 Å². The number of nitrogens with one attached hydrogen (secondary N) is 1. The molecule has 3 rings (SSSR count). The third-order valence-corrected chi connectivity index (χ3v) is 3.64. The molecular formula is C15H18N6. The molecule has 0 atom stereocenters. The minimum atomic E-state index is 0.0118. The third kappa shape index (κ3) is 2.79. The summed E-state index contributed by atoms with van der Waals surface area (Å²) in [7, 11) is 0. The summed E-state index contributed by atoms with van der Waals surface area (Å²) in [6.07, 6.45) is 3.49. The van der Waals surface area contributed by atoms with Gasteiger partial charge in [0.05, 0.1) is 5.69 Å². The van der Waals surface area contributed by atoms with Crippen LogP contribution in [0.25, 0.3) is 0 Å². The summed E-state index contributed by atoms with van der Waals surface area (Å²) in [6.45, 7) is 3.51. The molecule has 0 saturated carbocycles. The van der Waals surface area contributed by atoms with Crippen LogP contribution in [0.2, 0.25) is 0 Å². The number of hydrogen-bond donors (Lipinski definition) is 2. The Morgan fingerprint density at radius 3 is 2.33 bits per heavy atom. The van der Waals surface area contributed by atoms with E-state index in [1.807, 2.05) is 36.5 Å². The van der Waals surface area contributed by atoms with Crippen molar-refractivity contribution in [2.45, 2.75) is 0 Å². The Hall–Kier alpha value is -2.63. The number of amidine groups is 1. The second-order valence-electron chi connectivity index (χ2n) is 4.95. The largest absolute Gasteiger partial charge is 0.382 e. The summed E-state index contributed by atoms with van der Waals surface area (Å²) in [5, 5.41) is 7.64. The fourth-order valence-electron chi connectivity index (χ4n) is 2.58. The maximum Gasteiger partial charge on any atom is 0.143 e. The molecule has 21 heavy (non-hydrogen) atoms. The van der Waals surface area contributed by atoms with Gasteiger partial charge in [-0.1, -0.05) is 6.07 Å². The molecule has 0 aromatic carbocycles. The lowest BCUT2D eigenvalue weighted by Gasteiger charge is -2.37. The van der Waals surface area contributed by atoms with Gasteiger partial charge in [0.1, 0.15) is 17.3 Å². The molecule has 6 heteroatoms. The number of nitrogens with two attached hydrogens (primary N) is 1. The van der Waals surface area contributed by atoms with Crippen molar-refractivity contribution in [2.24, 2.45) is 5.73 Å². The second-order valence-corrected chi connectivity index (χ2v) is 4.95. The van der Waals surface area contributed by atoms with Crippen LogP contribution in [0.3, 0.4) is 0 Å². The van der Waals surface area contributed by atoms with Gasteiger partial charge in [0.2, 0.25) is 0 Å². The average Bonchev–Trinajstić information content (AvgIpc) is 2.56. The van der Waals surface area contributed by atoms with E-state index in [4.69, 9.17) is 11.1 Å². The van der Waals surface area contributed by atoms with Crippen LogP contribution in [0, 0.1) is 5.41 Å². The van der Waals surface area contributed by atoms with E-state index >= 15 is 0 Å². The van der Waals surface area contributed by atoms with Crippen LogP contribution in [0.1, 0.15) is 5.69 Å². The lowest BCUT2D eigenvalue weighted by Crippen LogP contribution is -2.47. The molecule has 0 radical (unpaired) electrons. The summed E-state index contributed by atoms with van der Waals surface area (Å²) < 4.78 is 0. The van der Waals surface area contributed by atoms with Crippen molar-refractivity contribution < 1.29 is 0 Å². The molecule has 1 saturated heterocycles. The lowest BCUT2D eigenvalue weighted by molar-refractivity contribution is 0.646. The Labute approximate surface area is 123 Å². The Morgan fingerprint density at radius 1 is 0.952 bits per heavy atom. The van der Waals surface area contributed by atoms with E-state index < -0.39 is 0 Å². The van der Waals surface area contributed by atoms with Crippen LogP contribution in [0.5, 0.6) is 0 Å². The van der Waals surface area contributed by atoms with Crippen LogP contribution in [0.15, 0.2) is 42.7 Å². The first-order chi connectivity index (χ1) is 10.3. The number of nitrogens with zero attached hydrogens (tertiary/aromatic N) is 4. The summed E-state index contributed by atoms with van der Waals surface area (Å²) in [5.74, 6) is 1.02. The highest BCUT2D eigenvalue weighted by atomic mass is 15.3. The molecule has 0 spiro atoms. The maximum absolute atomic E-state index is 7.64. The van der Waals surface area contributed by atoms with Crippen LogP contribution in [-0.2, 0) is 0 Å². The van der Waals surface area contributed by atoms with Crippen molar-refractivity contribution in [3.63, 3.8) is 0 Å². The summed E-state index contributed by atoms with van der Waals surface area (Å²) in [5.41, 5.74) is 7.11. The van der Waals surface area contributed by atoms with Crippen molar-refractivity contribution >= 4 is 17.3 Å². The molecule has 3 N–H and O–H groups in total. The highest BCUT2D eigenvalue weighted by molar-refractivity contribution is 5.98. The molecule has 0 unspecified atom stereocenters. The highest BCUT2D eigenvalue weighted by Crippen LogP contribution is 2.21. The molecule has 0 amide bonds. The van der Waals surface area contributed by atoms with E-state index in [1.165, 1.54) is 0 Å². The van der Waals surface area contributed by atoms with E-state index in [-0.39, 0.29) is 5.84 Å². The van der Waals surface area contributed by atoms with Crippen molar-refractivity contribution in [2.75, 3.05) is 36.0 Å². The fraction of sp³-hybridized carbons (Fsp3) is 0.267. The molecule has 2 aromatic heterocycles. The number of anilines is 2. The highest BCUT2D eigenvalue weighted by Gasteiger charge is 2.20. The smallest absolute Gasteiger partial charge is 0.143 e. The molecule has 1 aliphatic heterocycles. The molecule has 2 aromatic rings. The normalized spacial score (nSPS) is 15.0. The van der Waals surface area contributed by atoms with Gasteiger partial charge in [0.15, 0.2) is 0 Å². The molecule has 1 aliphatic rings. The van der Waals surface area contributed by atoms with E-state index in [9.17, 15) is 0 Å². The molecule has 0 bridgehead atoms. The van der Waals surface area contributed by atoms with E-state index in [2.05, 4.69) is 19.8 Å². The number of rotatable bonds is 3. The van der Waals surface area contributed by atoms with Gasteiger partial charge in [-0.15, -0.1) is 0 Å². The molecule has 3 heterocycles. The maximum atomic E-state index is 7.64. The van der Waals surface area contributed by atoms with Crippen molar-refractivity contribution in [3.8, 4) is 0 Å². The first-order valence-corrected chi connectivity index (χ1v) is 6.96. The predicted octanol–water partition coefficient (Wildman–Crippen LogP) is 1.09. The Bertz CT molecular complexity index is 619. The van der Waals surface area contributed by atoms with Crippen molar-refractivity contribution in [3.05, 3.63) is 48.4 Å². The van der Waals surface area contributed by atoms with Gasteiger partial charge in [0, 0.05) is 38.6 Å². The van der Waals surface area contributed by atoms with Gasteiger partial charge < -0.3 is 15.5 Å². The molecule has 1 fully saturated rings. The summed E-state index contributed by atoms with van der Waals surface area (Å²) in [4.78, 5) is 13.1. The second kappa shape index (κ2) is 5.78. The first-order valence-electron chi connectivity index (χ1n) is 6.96. The molecule has 6 nitrogen and oxygen atoms in total. The Morgan fingerprint density at radius 2 is 1.67 bits per heavy atom. The Kier molecular flexibility index (Phi) is 3.68. The predicted molar refractivity (Wildman–Crippen MR) is 83.9 cm³/mol. The number of nitrogen functional groups attached to an aromatic ring is 1. The van der Waals surface area contributed by atoms with Gasteiger partial charge in [-0.05, 0) is 24.3 Å². The van der Waals surface area contributed by atoms with Crippen LogP contribution in [-0.4, -0.2) is 42.0 Å². The molecular weight excluding hydrogens is 264 g/mol. The SMILES string of the molecule is N=C(N)c1ncccc1N1CCN(c2ccccn2)CC1. The minimum absolute atomic E-state index is 0.0118. The summed E-state index contributed by atoms with van der Waals surface area (Å²) >= 11 is 0. The van der Waals surface area contributed by atoms with Gasteiger partial charge in [0.25, 0.3) is 0 Å². The third-order valence-electron chi connectivity index (χ3n) is 3.64. The zero-order chi connectivity index (χ0) is 14.7. The van der Waals surface area contributed by atoms with E-state index in [1.54, 1.807) is 6.20 Å². The van der Waals surface area contributed by atoms with Crippen molar-refractivity contribution in [1.29, 1.82) is 5.41 Å². The van der Waals surface area contributed by atoms with E-state index in [0.717, 1.165) is 37.7 Å². The topological polar surface area (TPSA) is 82.1 Å². The van der Waals surface area contributed by atoms with Gasteiger partial charge >= 0.3 is 0 Å². The lowest BCUT2D eigenvalue weighted by atomic mass is 10.2. The monoisotopic (exact) mass is 282 g/mol. The number of pyridine rings is 2. The van der Waals surface area contributed by atoms with Crippen LogP contribution in [0.4, 0.5) is 11.5 Å². The average molecular weight is 282 g/mol. The summed E-state index contributed by atoms with van der Waals surface area (Å²) in [6, 6.07) is 9.81. The number of aromatic nitrogens is 2. The fourth-order valence-corrected chi connectivity index (χ4v) is 2.58. The standard InChI is InChI=1S/C15H18N6/c16-15(17)14-12(4-3-7-19-14)20-8-10-21(11-9-20)13-5-1-2-6-18-13/h1-7H,8-11H2,(H3,16,17). The molecule has 108 valence electrons. The zero-order valence-electron chi connectivity index (χ0n) is 11.7. The van der Waals surface area contributed by atoms with Crippen LogP contribution < -0.4 is 15.5 Å². The van der Waals surface area contributed by atoms with Gasteiger partial charge in [-0.25, -0.2) is 4.98 Å². The Balaban J connectivity index is 1.73. The minimum Gasteiger partial charge on any atom is -0.382 e. The van der Waals surface area contributed by atoms with Gasteiger partial charge in [-0.3, -0.25) is 10.4 Å². The first kappa shape index (κ1) is 13.4. The van der Waals surface area contributed by atoms with Gasteiger partial charge in [-0.2, -0.15) is 0 Å². The number of piperazine rings is 1.